The number of hydrogen-bond donors (Lipinski definition) is 1. The maximum absolute atomic E-state index is 13.4. The predicted octanol–water partition coefficient (Wildman–Crippen LogP) is 5.17. The van der Waals surface area contributed by atoms with Crippen LogP contribution < -0.4 is 19.5 Å². The zero-order chi connectivity index (χ0) is 25.9. The van der Waals surface area contributed by atoms with Crippen LogP contribution in [0.2, 0.25) is 0 Å². The summed E-state index contributed by atoms with van der Waals surface area (Å²) in [5, 5.41) is 3.22. The summed E-state index contributed by atoms with van der Waals surface area (Å²) in [4.78, 5) is 18.1. The average molecular weight is 527 g/mol. The topological polar surface area (TPSA) is 104 Å². The molecule has 0 aliphatic rings. The van der Waals surface area contributed by atoms with E-state index in [1.54, 1.807) is 57.5 Å². The molecule has 1 atom stereocenters. The minimum Gasteiger partial charge on any atom is -0.493 e. The second-order valence-corrected chi connectivity index (χ2v) is 11.3. The number of carbonyl (C=O) groups excluding carboxylic acids is 1. The van der Waals surface area contributed by atoms with Crippen LogP contribution in [-0.4, -0.2) is 39.3 Å². The lowest BCUT2D eigenvalue weighted by molar-refractivity contribution is -0.123. The van der Waals surface area contributed by atoms with Gasteiger partial charge < -0.3 is 14.2 Å². The number of sulfone groups is 1. The molecule has 3 aromatic carbocycles. The molecule has 4 aromatic rings. The SMILES string of the molecule is CCS(=O)(=O)c1ccc(C(Oc2ccc(C)cc2)C(=O)Nc2nc3cc(OC)c(OC)cc3s2)cc1. The zero-order valence-corrected chi connectivity index (χ0v) is 21.9. The first kappa shape index (κ1) is 25.5. The number of fused-ring (bicyclic) bond motifs is 1. The Bertz CT molecular complexity index is 1440. The van der Waals surface area contributed by atoms with Crippen molar-refractivity contribution in [1.29, 1.82) is 0 Å². The molecule has 36 heavy (non-hydrogen) atoms. The van der Waals surface area contributed by atoms with Crippen LogP contribution >= 0.6 is 11.3 Å². The highest BCUT2D eigenvalue weighted by Gasteiger charge is 2.25. The molecular weight excluding hydrogens is 500 g/mol. The van der Waals surface area contributed by atoms with Gasteiger partial charge in [0.25, 0.3) is 5.91 Å². The molecular formula is C26H26N2O6S2. The summed E-state index contributed by atoms with van der Waals surface area (Å²) in [6.07, 6.45) is -1.04. The minimum absolute atomic E-state index is 0.0106. The number of aromatic nitrogens is 1. The van der Waals surface area contributed by atoms with Crippen LogP contribution in [0.25, 0.3) is 10.2 Å². The Morgan fingerprint density at radius 2 is 1.64 bits per heavy atom. The van der Waals surface area contributed by atoms with Crippen molar-refractivity contribution in [2.45, 2.75) is 24.8 Å². The summed E-state index contributed by atoms with van der Waals surface area (Å²) in [5.74, 6) is 1.15. The van der Waals surface area contributed by atoms with E-state index >= 15 is 0 Å². The van der Waals surface area contributed by atoms with Crippen LogP contribution in [0.4, 0.5) is 5.13 Å². The molecule has 0 fully saturated rings. The first-order valence-electron chi connectivity index (χ1n) is 11.1. The van der Waals surface area contributed by atoms with Gasteiger partial charge in [0, 0.05) is 17.7 Å². The first-order chi connectivity index (χ1) is 17.2. The molecule has 10 heteroatoms. The summed E-state index contributed by atoms with van der Waals surface area (Å²) in [6, 6.07) is 17.0. The van der Waals surface area contributed by atoms with E-state index in [0.717, 1.165) is 10.3 Å². The van der Waals surface area contributed by atoms with Gasteiger partial charge in [0.05, 0.1) is 35.1 Å². The molecule has 0 saturated carbocycles. The summed E-state index contributed by atoms with van der Waals surface area (Å²) in [7, 11) is -0.272. The molecule has 188 valence electrons. The lowest BCUT2D eigenvalue weighted by Crippen LogP contribution is -2.25. The Morgan fingerprint density at radius 1 is 1.00 bits per heavy atom. The van der Waals surface area contributed by atoms with Crippen molar-refractivity contribution in [2.75, 3.05) is 25.3 Å². The van der Waals surface area contributed by atoms with Crippen LogP contribution in [0.5, 0.6) is 17.2 Å². The molecule has 0 bridgehead atoms. The van der Waals surface area contributed by atoms with Crippen molar-refractivity contribution in [3.05, 3.63) is 71.8 Å². The molecule has 1 N–H and O–H groups in total. The van der Waals surface area contributed by atoms with Gasteiger partial charge in [-0.3, -0.25) is 10.1 Å². The molecule has 4 rings (SSSR count). The molecule has 0 aliphatic carbocycles. The Labute approximate surface area is 213 Å². The predicted molar refractivity (Wildman–Crippen MR) is 140 cm³/mol. The van der Waals surface area contributed by atoms with Gasteiger partial charge in [0.1, 0.15) is 5.75 Å². The van der Waals surface area contributed by atoms with Gasteiger partial charge in [-0.25, -0.2) is 13.4 Å². The van der Waals surface area contributed by atoms with Crippen LogP contribution in [0.15, 0.2) is 65.6 Å². The number of anilines is 1. The highest BCUT2D eigenvalue weighted by molar-refractivity contribution is 7.91. The lowest BCUT2D eigenvalue weighted by Gasteiger charge is -2.19. The second kappa shape index (κ2) is 10.5. The van der Waals surface area contributed by atoms with Crippen molar-refractivity contribution in [1.82, 2.24) is 4.98 Å². The number of amides is 1. The second-order valence-electron chi connectivity index (χ2n) is 7.97. The molecule has 0 aliphatic heterocycles. The highest BCUT2D eigenvalue weighted by Crippen LogP contribution is 2.36. The molecule has 1 heterocycles. The smallest absolute Gasteiger partial charge is 0.271 e. The average Bonchev–Trinajstić information content (AvgIpc) is 3.28. The summed E-state index contributed by atoms with van der Waals surface area (Å²) in [6.45, 7) is 3.54. The van der Waals surface area contributed by atoms with Crippen LogP contribution in [0, 0.1) is 6.92 Å². The van der Waals surface area contributed by atoms with E-state index in [2.05, 4.69) is 10.3 Å². The maximum Gasteiger partial charge on any atom is 0.271 e. The Morgan fingerprint density at radius 3 is 2.25 bits per heavy atom. The van der Waals surface area contributed by atoms with Crippen LogP contribution in [0.1, 0.15) is 24.2 Å². The normalized spacial score (nSPS) is 12.2. The van der Waals surface area contributed by atoms with Gasteiger partial charge in [0.15, 0.2) is 26.5 Å². The van der Waals surface area contributed by atoms with Gasteiger partial charge in [-0.2, -0.15) is 0 Å². The van der Waals surface area contributed by atoms with E-state index in [-0.39, 0.29) is 10.6 Å². The van der Waals surface area contributed by atoms with Crippen molar-refractivity contribution in [2.24, 2.45) is 0 Å². The third kappa shape index (κ3) is 5.44. The van der Waals surface area contributed by atoms with Gasteiger partial charge in [0.2, 0.25) is 6.10 Å². The highest BCUT2D eigenvalue weighted by atomic mass is 32.2. The van der Waals surface area contributed by atoms with E-state index in [4.69, 9.17) is 14.2 Å². The summed E-state index contributed by atoms with van der Waals surface area (Å²) >= 11 is 1.29. The maximum atomic E-state index is 13.4. The molecule has 0 radical (unpaired) electrons. The number of nitrogens with one attached hydrogen (secondary N) is 1. The van der Waals surface area contributed by atoms with Crippen LogP contribution in [0.3, 0.4) is 0 Å². The zero-order valence-electron chi connectivity index (χ0n) is 20.3. The third-order valence-electron chi connectivity index (χ3n) is 5.56. The minimum atomic E-state index is -3.37. The number of nitrogens with zero attached hydrogens (tertiary/aromatic N) is 1. The Kier molecular flexibility index (Phi) is 7.46. The summed E-state index contributed by atoms with van der Waals surface area (Å²) < 4.78 is 42.0. The molecule has 0 spiro atoms. The van der Waals surface area contributed by atoms with E-state index in [9.17, 15) is 13.2 Å². The number of hydrogen-bond acceptors (Lipinski definition) is 8. The fraction of sp³-hybridized carbons (Fsp3) is 0.231. The number of aryl methyl sites for hydroxylation is 1. The third-order valence-corrected chi connectivity index (χ3v) is 8.24. The van der Waals surface area contributed by atoms with E-state index in [1.165, 1.54) is 23.5 Å². The number of carbonyl (C=O) groups is 1. The van der Waals surface area contributed by atoms with Gasteiger partial charge in [-0.15, -0.1) is 0 Å². The van der Waals surface area contributed by atoms with E-state index in [0.29, 0.717) is 33.5 Å². The molecule has 1 amide bonds. The standard InChI is InChI=1S/C26H26N2O6S2/c1-5-36(30,31)19-12-8-17(9-13-19)24(34-18-10-6-16(2)7-11-18)25(29)28-26-27-20-14-21(32-3)22(33-4)15-23(20)35-26/h6-15,24H,5H2,1-4H3,(H,27,28,29). The van der Waals surface area contributed by atoms with Gasteiger partial charge in [-0.1, -0.05) is 48.1 Å². The van der Waals surface area contributed by atoms with Gasteiger partial charge in [-0.05, 0) is 31.2 Å². The van der Waals surface area contributed by atoms with E-state index < -0.39 is 21.8 Å². The van der Waals surface area contributed by atoms with Gasteiger partial charge >= 0.3 is 0 Å². The molecule has 1 aromatic heterocycles. The van der Waals surface area contributed by atoms with Crippen LogP contribution in [-0.2, 0) is 14.6 Å². The van der Waals surface area contributed by atoms with Crippen molar-refractivity contribution < 1.29 is 27.4 Å². The number of methoxy groups -OCH3 is 2. The summed E-state index contributed by atoms with van der Waals surface area (Å²) in [5.41, 5.74) is 2.21. The monoisotopic (exact) mass is 526 g/mol. The Balaban J connectivity index is 1.65. The number of thiazole rings is 1. The largest absolute Gasteiger partial charge is 0.493 e. The lowest BCUT2D eigenvalue weighted by atomic mass is 10.1. The Hall–Kier alpha value is -3.63. The fourth-order valence-corrected chi connectivity index (χ4v) is 5.29. The molecule has 0 saturated heterocycles. The quantitative estimate of drug-likeness (QED) is 0.321. The number of benzene rings is 3. The number of ether oxygens (including phenoxy) is 3. The van der Waals surface area contributed by atoms with E-state index in [1.807, 2.05) is 19.1 Å². The van der Waals surface area contributed by atoms with Crippen molar-refractivity contribution in [3.63, 3.8) is 0 Å². The number of rotatable bonds is 9. The molecule has 8 nitrogen and oxygen atoms in total. The van der Waals surface area contributed by atoms with Crippen molar-refractivity contribution >= 4 is 42.4 Å². The first-order valence-corrected chi connectivity index (χ1v) is 13.6. The molecule has 1 unspecified atom stereocenters. The van der Waals surface area contributed by atoms with Crippen molar-refractivity contribution in [3.8, 4) is 17.2 Å². The fourth-order valence-electron chi connectivity index (χ4n) is 3.52.